The molecule has 162 valence electrons. The van der Waals surface area contributed by atoms with Crippen LogP contribution in [-0.2, 0) is 10.0 Å². The average molecular weight is 423 g/mol. The van der Waals surface area contributed by atoms with E-state index >= 15 is 0 Å². The van der Waals surface area contributed by atoms with E-state index < -0.39 is 10.0 Å². The van der Waals surface area contributed by atoms with Gasteiger partial charge in [0.15, 0.2) is 0 Å². The maximum Gasteiger partial charge on any atom is 0.257 e. The summed E-state index contributed by atoms with van der Waals surface area (Å²) in [6.45, 7) is 3.12. The topological polar surface area (TPSA) is 66.9 Å². The molecule has 6 nitrogen and oxygen atoms in total. The maximum absolute atomic E-state index is 13.2. The van der Waals surface area contributed by atoms with Crippen LogP contribution in [0.2, 0.25) is 0 Å². The number of rotatable bonds is 4. The van der Waals surface area contributed by atoms with E-state index in [2.05, 4.69) is 0 Å². The average Bonchev–Trinajstić information content (AvgIpc) is 2.72. The van der Waals surface area contributed by atoms with Gasteiger partial charge in [-0.1, -0.05) is 31.9 Å². The minimum Gasteiger partial charge on any atom is -0.488 e. The third kappa shape index (κ3) is 5.31. The second-order valence-electron chi connectivity index (χ2n) is 8.22. The lowest BCUT2D eigenvalue weighted by molar-refractivity contribution is 0.0658. The Balaban J connectivity index is 1.96. The van der Waals surface area contributed by atoms with E-state index in [9.17, 15) is 13.2 Å². The van der Waals surface area contributed by atoms with E-state index in [1.165, 1.54) is 0 Å². The largest absolute Gasteiger partial charge is 0.488 e. The molecule has 0 aromatic heterocycles. The molecule has 1 aliphatic heterocycles. The van der Waals surface area contributed by atoms with Crippen molar-refractivity contribution in [3.05, 3.63) is 29.8 Å². The van der Waals surface area contributed by atoms with Gasteiger partial charge >= 0.3 is 0 Å². The summed E-state index contributed by atoms with van der Waals surface area (Å²) in [4.78, 5) is 14.6. The van der Waals surface area contributed by atoms with Crippen LogP contribution < -0.4 is 4.74 Å². The zero-order valence-corrected chi connectivity index (χ0v) is 18.5. The summed E-state index contributed by atoms with van der Waals surface area (Å²) in [6, 6.07) is 7.18. The molecule has 1 aromatic rings. The van der Waals surface area contributed by atoms with Crippen LogP contribution in [0.15, 0.2) is 24.3 Å². The molecule has 1 aliphatic carbocycles. The number of sulfonamides is 1. The van der Waals surface area contributed by atoms with Crippen LogP contribution in [0.1, 0.15) is 68.6 Å². The fraction of sp³-hybridized carbons (Fsp3) is 0.682. The summed E-state index contributed by atoms with van der Waals surface area (Å²) in [5.74, 6) is 0.718. The first kappa shape index (κ1) is 22.1. The summed E-state index contributed by atoms with van der Waals surface area (Å²) in [5, 5.41) is 0. The molecule has 0 saturated heterocycles. The molecule has 0 bridgehead atoms. The lowest BCUT2D eigenvalue weighted by atomic mass is 9.92. The number of hydrogen-bond donors (Lipinski definition) is 0. The minimum absolute atomic E-state index is 0.0408. The predicted octanol–water partition coefficient (Wildman–Crippen LogP) is 3.67. The monoisotopic (exact) mass is 422 g/mol. The van der Waals surface area contributed by atoms with Gasteiger partial charge in [0.1, 0.15) is 11.9 Å². The molecule has 0 unspecified atom stereocenters. The maximum atomic E-state index is 13.2. The highest BCUT2D eigenvalue weighted by molar-refractivity contribution is 7.89. The Hall–Kier alpha value is -1.60. The van der Waals surface area contributed by atoms with Gasteiger partial charge in [0.2, 0.25) is 10.0 Å². The Kier molecular flexibility index (Phi) is 7.57. The molecule has 1 fully saturated rings. The molecule has 1 saturated carbocycles. The van der Waals surface area contributed by atoms with E-state index in [0.717, 1.165) is 44.9 Å². The van der Waals surface area contributed by atoms with Crippen molar-refractivity contribution in [1.29, 1.82) is 0 Å². The number of hydrogen-bond acceptors (Lipinski definition) is 4. The van der Waals surface area contributed by atoms with Crippen molar-refractivity contribution in [2.24, 2.45) is 0 Å². The third-order valence-corrected chi connectivity index (χ3v) is 7.99. The predicted molar refractivity (Wildman–Crippen MR) is 115 cm³/mol. The number of fused-ring (bicyclic) bond motifs is 2. The van der Waals surface area contributed by atoms with Crippen molar-refractivity contribution in [1.82, 2.24) is 9.21 Å². The number of unbranched alkanes of at least 4 members (excludes halogenated alkanes) is 1. The molecule has 0 N–H and O–H groups in total. The molecular weight excluding hydrogens is 388 g/mol. The molecule has 1 aromatic carbocycles. The number of amides is 1. The Morgan fingerprint density at radius 3 is 2.59 bits per heavy atom. The van der Waals surface area contributed by atoms with Gasteiger partial charge in [-0.05, 0) is 50.7 Å². The van der Waals surface area contributed by atoms with Crippen molar-refractivity contribution < 1.29 is 17.9 Å². The second-order valence-corrected chi connectivity index (χ2v) is 10.3. The number of nitrogens with zero attached hydrogens (tertiary/aromatic N) is 2. The Morgan fingerprint density at radius 1 is 1.07 bits per heavy atom. The van der Waals surface area contributed by atoms with E-state index in [4.69, 9.17) is 4.74 Å². The van der Waals surface area contributed by atoms with Gasteiger partial charge in [0, 0.05) is 20.1 Å². The highest BCUT2D eigenvalue weighted by Crippen LogP contribution is 2.32. The number of para-hydroxylation sites is 1. The van der Waals surface area contributed by atoms with Gasteiger partial charge in [-0.25, -0.2) is 8.42 Å². The number of carbonyl (C=O) groups excluding carboxylic acids is 1. The molecule has 0 radical (unpaired) electrons. The van der Waals surface area contributed by atoms with Gasteiger partial charge < -0.3 is 9.64 Å². The summed E-state index contributed by atoms with van der Waals surface area (Å²) in [7, 11) is -1.54. The highest BCUT2D eigenvalue weighted by atomic mass is 32.2. The van der Waals surface area contributed by atoms with Crippen LogP contribution in [0.5, 0.6) is 5.75 Å². The lowest BCUT2D eigenvalue weighted by Gasteiger charge is -2.39. The number of benzene rings is 1. The normalized spacial score (nSPS) is 24.6. The quantitative estimate of drug-likeness (QED) is 0.742. The van der Waals surface area contributed by atoms with E-state index in [1.54, 1.807) is 22.3 Å². The van der Waals surface area contributed by atoms with Crippen molar-refractivity contribution >= 4 is 15.9 Å². The van der Waals surface area contributed by atoms with Crippen LogP contribution in [-0.4, -0.2) is 61.6 Å². The second kappa shape index (κ2) is 9.94. The SMILES string of the molecule is CCCCS(=O)(=O)N1CCCCN(C)C(=O)c2ccccc2O[C@H]2CCCC[C@H]21. The van der Waals surface area contributed by atoms with E-state index in [1.807, 2.05) is 25.1 Å². The standard InChI is InChI=1S/C22H34N2O4S/c1-3-4-17-29(26,27)24-16-10-9-15-23(2)22(25)18-11-5-7-13-20(18)28-21-14-8-6-12-19(21)24/h5,7,11,13,19,21H,3-4,6,8-10,12,14-17H2,1-2H3/t19-,21+/m1/s1. The number of carbonyl (C=O) groups is 1. The van der Waals surface area contributed by atoms with Gasteiger partial charge in [-0.3, -0.25) is 4.79 Å². The zero-order chi connectivity index (χ0) is 20.9. The first-order valence-electron chi connectivity index (χ1n) is 10.9. The van der Waals surface area contributed by atoms with Crippen molar-refractivity contribution in [3.63, 3.8) is 0 Å². The molecule has 1 heterocycles. The number of ether oxygens (including phenoxy) is 1. The van der Waals surface area contributed by atoms with Gasteiger partial charge in [0.25, 0.3) is 5.91 Å². The summed E-state index contributed by atoms with van der Waals surface area (Å²) in [6.07, 6.45) is 6.48. The van der Waals surface area contributed by atoms with Crippen molar-refractivity contribution in [2.75, 3.05) is 25.9 Å². The Bertz CT molecular complexity index is 796. The van der Waals surface area contributed by atoms with Crippen LogP contribution in [0.4, 0.5) is 0 Å². The summed E-state index contributed by atoms with van der Waals surface area (Å²) >= 11 is 0. The molecular formula is C22H34N2O4S. The van der Waals surface area contributed by atoms with Crippen LogP contribution in [0.3, 0.4) is 0 Å². The van der Waals surface area contributed by atoms with Crippen LogP contribution in [0, 0.1) is 0 Å². The van der Waals surface area contributed by atoms with E-state index in [-0.39, 0.29) is 23.8 Å². The van der Waals surface area contributed by atoms with Gasteiger partial charge in [-0.15, -0.1) is 0 Å². The minimum atomic E-state index is -3.33. The van der Waals surface area contributed by atoms with Gasteiger partial charge in [-0.2, -0.15) is 4.31 Å². The van der Waals surface area contributed by atoms with Crippen molar-refractivity contribution in [3.8, 4) is 5.75 Å². The third-order valence-electron chi connectivity index (χ3n) is 6.02. The molecule has 7 heteroatoms. The Labute approximate surface area is 175 Å². The highest BCUT2D eigenvalue weighted by Gasteiger charge is 2.38. The van der Waals surface area contributed by atoms with Crippen molar-refractivity contribution in [2.45, 2.75) is 70.4 Å². The summed E-state index contributed by atoms with van der Waals surface area (Å²) in [5.41, 5.74) is 0.556. The fourth-order valence-electron chi connectivity index (χ4n) is 4.33. The zero-order valence-electron chi connectivity index (χ0n) is 17.7. The molecule has 2 aliphatic rings. The molecule has 1 amide bonds. The fourth-order valence-corrected chi connectivity index (χ4v) is 6.28. The summed E-state index contributed by atoms with van der Waals surface area (Å²) < 4.78 is 34.5. The van der Waals surface area contributed by atoms with Crippen LogP contribution >= 0.6 is 0 Å². The lowest BCUT2D eigenvalue weighted by Crippen LogP contribution is -2.51. The van der Waals surface area contributed by atoms with E-state index in [0.29, 0.717) is 30.8 Å². The molecule has 3 rings (SSSR count). The Morgan fingerprint density at radius 2 is 1.79 bits per heavy atom. The smallest absolute Gasteiger partial charge is 0.257 e. The first-order valence-corrected chi connectivity index (χ1v) is 12.6. The van der Waals surface area contributed by atoms with Gasteiger partial charge in [0.05, 0.1) is 17.4 Å². The molecule has 2 atom stereocenters. The molecule has 29 heavy (non-hydrogen) atoms. The first-order chi connectivity index (χ1) is 13.9. The molecule has 0 spiro atoms. The van der Waals surface area contributed by atoms with Crippen LogP contribution in [0.25, 0.3) is 0 Å².